The van der Waals surface area contributed by atoms with E-state index in [4.69, 9.17) is 9.47 Å². The predicted octanol–water partition coefficient (Wildman–Crippen LogP) is 5.20. The van der Waals surface area contributed by atoms with Crippen LogP contribution in [0.2, 0.25) is 0 Å². The number of amides is 2. The summed E-state index contributed by atoms with van der Waals surface area (Å²) in [5.41, 5.74) is 1.03. The number of fused-ring (bicyclic) bond motifs is 1. The van der Waals surface area contributed by atoms with E-state index in [0.29, 0.717) is 24.6 Å². The van der Waals surface area contributed by atoms with Gasteiger partial charge in [-0.25, -0.2) is 4.39 Å². The van der Waals surface area contributed by atoms with Crippen LogP contribution in [0, 0.1) is 11.7 Å². The lowest BCUT2D eigenvalue weighted by atomic mass is 10.00. The second kappa shape index (κ2) is 11.6. The Labute approximate surface area is 215 Å². The van der Waals surface area contributed by atoms with Gasteiger partial charge in [0, 0.05) is 18.0 Å². The van der Waals surface area contributed by atoms with Crippen molar-refractivity contribution in [1.29, 1.82) is 0 Å². The van der Waals surface area contributed by atoms with Crippen LogP contribution in [0.4, 0.5) is 4.39 Å². The Morgan fingerprint density at radius 3 is 2.56 bits per heavy atom. The van der Waals surface area contributed by atoms with Crippen LogP contribution < -0.4 is 9.47 Å². The van der Waals surface area contributed by atoms with Crippen molar-refractivity contribution in [2.24, 2.45) is 5.92 Å². The molecule has 2 amide bonds. The van der Waals surface area contributed by atoms with Crippen molar-refractivity contribution in [3.63, 3.8) is 0 Å². The quantitative estimate of drug-likeness (QED) is 0.397. The Bertz CT molecular complexity index is 1210. The van der Waals surface area contributed by atoms with Crippen LogP contribution in [0.3, 0.4) is 0 Å². The fourth-order valence-corrected chi connectivity index (χ4v) is 5.43. The number of benzene rings is 2. The number of para-hydroxylation sites is 2. The Hall–Kier alpha value is -3.39. The maximum absolute atomic E-state index is 14.4. The number of carbonyl (C=O) groups is 2. The molecule has 1 aliphatic rings. The van der Waals surface area contributed by atoms with Gasteiger partial charge in [-0.15, -0.1) is 11.3 Å². The maximum atomic E-state index is 14.4. The first-order chi connectivity index (χ1) is 17.4. The molecule has 0 spiro atoms. The summed E-state index contributed by atoms with van der Waals surface area (Å²) in [6.07, 6.45) is 0.745. The van der Waals surface area contributed by atoms with Gasteiger partial charge in [0.25, 0.3) is 5.91 Å². The van der Waals surface area contributed by atoms with Crippen LogP contribution in [0.5, 0.6) is 11.5 Å². The van der Waals surface area contributed by atoms with E-state index in [9.17, 15) is 14.0 Å². The van der Waals surface area contributed by atoms with Crippen molar-refractivity contribution in [2.45, 2.75) is 26.3 Å². The van der Waals surface area contributed by atoms with E-state index in [2.05, 4.69) is 0 Å². The molecule has 1 aliphatic heterocycles. The van der Waals surface area contributed by atoms with Gasteiger partial charge >= 0.3 is 0 Å². The SMILES string of the molecule is COc1ccccc1OC[C@H]1c2ccsc2CCN1C(=O)CN(CC(C)C)C(=O)c1ccccc1F. The number of thiophene rings is 1. The average Bonchev–Trinajstić information content (AvgIpc) is 3.36. The maximum Gasteiger partial charge on any atom is 0.257 e. The first-order valence-corrected chi connectivity index (χ1v) is 12.9. The monoisotopic (exact) mass is 510 g/mol. The Morgan fingerprint density at radius 1 is 1.11 bits per heavy atom. The number of methoxy groups -OCH3 is 1. The average molecular weight is 511 g/mol. The van der Waals surface area contributed by atoms with Gasteiger partial charge in [0.15, 0.2) is 11.5 Å². The van der Waals surface area contributed by atoms with Gasteiger partial charge in [0.05, 0.1) is 18.7 Å². The first-order valence-electron chi connectivity index (χ1n) is 12.0. The molecular weight excluding hydrogens is 479 g/mol. The zero-order valence-corrected chi connectivity index (χ0v) is 21.6. The summed E-state index contributed by atoms with van der Waals surface area (Å²) < 4.78 is 25.9. The molecule has 0 radical (unpaired) electrons. The van der Waals surface area contributed by atoms with E-state index in [1.807, 2.05) is 49.6 Å². The third-order valence-electron chi connectivity index (χ3n) is 6.18. The molecule has 0 saturated carbocycles. The van der Waals surface area contributed by atoms with Crippen molar-refractivity contribution in [3.8, 4) is 11.5 Å². The minimum Gasteiger partial charge on any atom is -0.493 e. The van der Waals surface area contributed by atoms with Crippen molar-refractivity contribution in [1.82, 2.24) is 9.80 Å². The zero-order chi connectivity index (χ0) is 25.7. The highest BCUT2D eigenvalue weighted by Gasteiger charge is 2.34. The van der Waals surface area contributed by atoms with Crippen LogP contribution in [0.1, 0.15) is 40.7 Å². The molecule has 1 atom stereocenters. The minimum atomic E-state index is -0.590. The third kappa shape index (κ3) is 5.70. The molecule has 190 valence electrons. The van der Waals surface area contributed by atoms with Crippen molar-refractivity contribution >= 4 is 23.2 Å². The summed E-state index contributed by atoms with van der Waals surface area (Å²) in [5, 5.41) is 2.03. The van der Waals surface area contributed by atoms with E-state index >= 15 is 0 Å². The lowest BCUT2D eigenvalue weighted by molar-refractivity contribution is -0.135. The van der Waals surface area contributed by atoms with Crippen LogP contribution in [0.15, 0.2) is 60.0 Å². The molecule has 0 fully saturated rings. The number of carbonyl (C=O) groups excluding carboxylic acids is 2. The van der Waals surface area contributed by atoms with Crippen molar-refractivity contribution in [2.75, 3.05) is 33.4 Å². The Balaban J connectivity index is 1.56. The Kier molecular flexibility index (Phi) is 8.25. The van der Waals surface area contributed by atoms with E-state index in [1.165, 1.54) is 21.9 Å². The van der Waals surface area contributed by atoms with Gasteiger partial charge in [-0.1, -0.05) is 38.1 Å². The molecule has 0 saturated heterocycles. The first kappa shape index (κ1) is 25.7. The summed E-state index contributed by atoms with van der Waals surface area (Å²) in [6, 6.07) is 15.0. The molecule has 0 N–H and O–H groups in total. The largest absolute Gasteiger partial charge is 0.493 e. The molecule has 2 heterocycles. The molecule has 4 rings (SSSR count). The molecule has 36 heavy (non-hydrogen) atoms. The van der Waals surface area contributed by atoms with E-state index in [-0.39, 0.29) is 36.6 Å². The number of hydrogen-bond acceptors (Lipinski definition) is 5. The van der Waals surface area contributed by atoms with Crippen molar-refractivity contribution in [3.05, 3.63) is 81.8 Å². The van der Waals surface area contributed by atoms with E-state index in [0.717, 1.165) is 12.0 Å². The highest BCUT2D eigenvalue weighted by atomic mass is 32.1. The lowest BCUT2D eigenvalue weighted by Crippen LogP contribution is -2.48. The van der Waals surface area contributed by atoms with Crippen LogP contribution >= 0.6 is 11.3 Å². The van der Waals surface area contributed by atoms with Gasteiger partial charge in [0.2, 0.25) is 5.91 Å². The van der Waals surface area contributed by atoms with Gasteiger partial charge < -0.3 is 19.3 Å². The molecule has 3 aromatic rings. The Morgan fingerprint density at radius 2 is 1.83 bits per heavy atom. The molecular formula is C28H31FN2O4S. The fourth-order valence-electron chi connectivity index (χ4n) is 4.50. The smallest absolute Gasteiger partial charge is 0.257 e. The molecule has 2 aromatic carbocycles. The molecule has 8 heteroatoms. The number of nitrogens with zero attached hydrogens (tertiary/aromatic N) is 2. The van der Waals surface area contributed by atoms with Crippen LogP contribution in [-0.4, -0.2) is 55.0 Å². The van der Waals surface area contributed by atoms with Gasteiger partial charge in [-0.05, 0) is 53.6 Å². The fraction of sp³-hybridized carbons (Fsp3) is 0.357. The molecule has 6 nitrogen and oxygen atoms in total. The molecule has 0 bridgehead atoms. The molecule has 0 aliphatic carbocycles. The number of ether oxygens (including phenoxy) is 2. The van der Waals surface area contributed by atoms with Crippen molar-refractivity contribution < 1.29 is 23.5 Å². The second-order valence-corrected chi connectivity index (χ2v) is 10.2. The van der Waals surface area contributed by atoms with E-state index in [1.54, 1.807) is 35.5 Å². The topological polar surface area (TPSA) is 59.1 Å². The summed E-state index contributed by atoms with van der Waals surface area (Å²) in [6.45, 7) is 4.93. The summed E-state index contributed by atoms with van der Waals surface area (Å²) in [4.78, 5) is 31.3. The predicted molar refractivity (Wildman–Crippen MR) is 138 cm³/mol. The number of halogens is 1. The standard InChI is InChI=1S/C28H31FN2O4S/c1-19(2)16-30(28(33)20-8-4-5-9-22(20)29)17-27(32)31-14-12-26-21(13-15-36-26)23(31)18-35-25-11-7-6-10-24(25)34-3/h4-11,13,15,19,23H,12,14,16-18H2,1-3H3/t23-/m0/s1. The van der Waals surface area contributed by atoms with Gasteiger partial charge in [-0.3, -0.25) is 9.59 Å². The van der Waals surface area contributed by atoms with Gasteiger partial charge in [0.1, 0.15) is 19.0 Å². The van der Waals surface area contributed by atoms with Gasteiger partial charge in [-0.2, -0.15) is 0 Å². The molecule has 0 unspecified atom stereocenters. The third-order valence-corrected chi connectivity index (χ3v) is 7.18. The van der Waals surface area contributed by atoms with Crippen LogP contribution in [0.25, 0.3) is 0 Å². The lowest BCUT2D eigenvalue weighted by Gasteiger charge is -2.37. The second-order valence-electron chi connectivity index (χ2n) is 9.17. The normalized spacial score (nSPS) is 14.9. The summed E-state index contributed by atoms with van der Waals surface area (Å²) in [5.74, 6) is 0.0768. The summed E-state index contributed by atoms with van der Waals surface area (Å²) >= 11 is 1.67. The van der Waals surface area contributed by atoms with E-state index < -0.39 is 11.7 Å². The number of hydrogen-bond donors (Lipinski definition) is 0. The zero-order valence-electron chi connectivity index (χ0n) is 20.8. The summed E-state index contributed by atoms with van der Waals surface area (Å²) in [7, 11) is 1.59. The highest BCUT2D eigenvalue weighted by Crippen LogP contribution is 2.35. The number of rotatable bonds is 9. The minimum absolute atomic E-state index is 0.0271. The highest BCUT2D eigenvalue weighted by molar-refractivity contribution is 7.10. The molecule has 1 aromatic heterocycles. The van der Waals surface area contributed by atoms with Crippen LogP contribution in [-0.2, 0) is 11.2 Å².